The van der Waals surface area contributed by atoms with Crippen molar-refractivity contribution >= 4 is 17.4 Å². The Bertz CT molecular complexity index is 1240. The van der Waals surface area contributed by atoms with Crippen molar-refractivity contribution in [1.29, 1.82) is 0 Å². The first-order valence-electron chi connectivity index (χ1n) is 11.0. The molecule has 33 heavy (non-hydrogen) atoms. The highest BCUT2D eigenvalue weighted by Crippen LogP contribution is 2.40. The maximum Gasteiger partial charge on any atom is 0.295 e. The molecule has 2 aliphatic rings. The van der Waals surface area contributed by atoms with Crippen LogP contribution in [0, 0.1) is 0 Å². The number of benzene rings is 2. The zero-order chi connectivity index (χ0) is 22.9. The van der Waals surface area contributed by atoms with Gasteiger partial charge in [-0.2, -0.15) is 0 Å². The van der Waals surface area contributed by atoms with Crippen LogP contribution in [0.3, 0.4) is 0 Å². The second-order valence-corrected chi connectivity index (χ2v) is 8.46. The number of rotatable bonds is 5. The van der Waals surface area contributed by atoms with Crippen LogP contribution in [-0.2, 0) is 22.4 Å². The Labute approximate surface area is 192 Å². The lowest BCUT2D eigenvalue weighted by Crippen LogP contribution is -2.31. The fraction of sp³-hybridized carbons (Fsp3) is 0.222. The lowest BCUT2D eigenvalue weighted by atomic mass is 9.95. The molecule has 0 bridgehead atoms. The number of fused-ring (bicyclic) bond motifs is 1. The van der Waals surface area contributed by atoms with Gasteiger partial charge in [0.2, 0.25) is 0 Å². The van der Waals surface area contributed by atoms with Gasteiger partial charge in [0.15, 0.2) is 0 Å². The SMILES string of the molecule is C[C@@H]1Cc2cc(C(O)=C3C(=O)C(=O)N(CCc4ccccc4)[C@H]3c3ccncc3)ccc2O1. The van der Waals surface area contributed by atoms with Crippen LogP contribution in [0.25, 0.3) is 5.76 Å². The van der Waals surface area contributed by atoms with Crippen molar-refractivity contribution in [3.8, 4) is 5.75 Å². The van der Waals surface area contributed by atoms with E-state index < -0.39 is 17.7 Å². The Balaban J connectivity index is 1.56. The monoisotopic (exact) mass is 440 g/mol. The molecule has 6 nitrogen and oxygen atoms in total. The molecule has 3 aromatic rings. The number of pyridine rings is 1. The average Bonchev–Trinajstić information content (AvgIpc) is 3.34. The fourth-order valence-corrected chi connectivity index (χ4v) is 4.62. The normalized spacial score (nSPS) is 21.2. The van der Waals surface area contributed by atoms with Crippen molar-refractivity contribution in [2.75, 3.05) is 6.54 Å². The van der Waals surface area contributed by atoms with Gasteiger partial charge in [0.05, 0.1) is 11.6 Å². The summed E-state index contributed by atoms with van der Waals surface area (Å²) in [5.41, 5.74) is 3.39. The van der Waals surface area contributed by atoms with E-state index in [0.29, 0.717) is 18.5 Å². The molecule has 1 fully saturated rings. The van der Waals surface area contributed by atoms with Crippen molar-refractivity contribution in [2.45, 2.75) is 31.9 Å². The third kappa shape index (κ3) is 3.89. The fourth-order valence-electron chi connectivity index (χ4n) is 4.62. The summed E-state index contributed by atoms with van der Waals surface area (Å²) in [5, 5.41) is 11.3. The third-order valence-electron chi connectivity index (χ3n) is 6.22. The minimum absolute atomic E-state index is 0.0674. The number of amides is 1. The summed E-state index contributed by atoms with van der Waals surface area (Å²) in [7, 11) is 0. The minimum atomic E-state index is -0.680. The molecule has 1 amide bonds. The number of hydrogen-bond donors (Lipinski definition) is 1. The van der Waals surface area contributed by atoms with E-state index in [2.05, 4.69) is 4.98 Å². The lowest BCUT2D eigenvalue weighted by molar-refractivity contribution is -0.139. The molecule has 1 saturated heterocycles. The predicted molar refractivity (Wildman–Crippen MR) is 124 cm³/mol. The number of carbonyl (C=O) groups is 2. The van der Waals surface area contributed by atoms with Crippen LogP contribution in [0.15, 0.2) is 78.6 Å². The van der Waals surface area contributed by atoms with Crippen LogP contribution in [0.4, 0.5) is 0 Å². The molecule has 3 heterocycles. The topological polar surface area (TPSA) is 79.7 Å². The van der Waals surface area contributed by atoms with Gasteiger partial charge in [0.1, 0.15) is 17.6 Å². The number of ether oxygens (including phenoxy) is 1. The van der Waals surface area contributed by atoms with Crippen LogP contribution >= 0.6 is 0 Å². The number of aliphatic hydroxyl groups excluding tert-OH is 1. The van der Waals surface area contributed by atoms with Gasteiger partial charge >= 0.3 is 0 Å². The third-order valence-corrected chi connectivity index (χ3v) is 6.22. The van der Waals surface area contributed by atoms with Crippen molar-refractivity contribution in [1.82, 2.24) is 9.88 Å². The Morgan fingerprint density at radius 1 is 1.09 bits per heavy atom. The number of likely N-dealkylation sites (tertiary alicyclic amines) is 1. The number of nitrogens with zero attached hydrogens (tertiary/aromatic N) is 2. The number of Topliss-reactive ketones (excluding diaryl/α,β-unsaturated/α-hetero) is 1. The summed E-state index contributed by atoms with van der Waals surface area (Å²) in [4.78, 5) is 31.9. The van der Waals surface area contributed by atoms with E-state index in [-0.39, 0.29) is 17.4 Å². The lowest BCUT2D eigenvalue weighted by Gasteiger charge is -2.25. The molecule has 0 unspecified atom stereocenters. The van der Waals surface area contributed by atoms with E-state index in [0.717, 1.165) is 28.9 Å². The first kappa shape index (κ1) is 20.9. The minimum Gasteiger partial charge on any atom is -0.507 e. The number of aromatic nitrogens is 1. The van der Waals surface area contributed by atoms with Gasteiger partial charge < -0.3 is 14.7 Å². The number of carbonyl (C=O) groups excluding carboxylic acids is 2. The van der Waals surface area contributed by atoms with Crippen molar-refractivity contribution in [3.63, 3.8) is 0 Å². The van der Waals surface area contributed by atoms with Gasteiger partial charge in [0.25, 0.3) is 11.7 Å². The summed E-state index contributed by atoms with van der Waals surface area (Å²) >= 11 is 0. The van der Waals surface area contributed by atoms with Gasteiger partial charge in [-0.05, 0) is 60.4 Å². The molecule has 1 N–H and O–H groups in total. The standard InChI is InChI=1S/C27H24N2O4/c1-17-15-21-16-20(7-8-22(21)33-17)25(30)23-24(19-9-12-28-13-10-19)29(27(32)26(23)31)14-11-18-5-3-2-4-6-18/h2-10,12-13,16-17,24,30H,11,14-15H2,1H3/t17-,24+/m1/s1. The predicted octanol–water partition coefficient (Wildman–Crippen LogP) is 4.07. The molecule has 6 heteroatoms. The summed E-state index contributed by atoms with van der Waals surface area (Å²) in [6, 6.07) is 18.1. The molecule has 1 aromatic heterocycles. The zero-order valence-corrected chi connectivity index (χ0v) is 18.3. The summed E-state index contributed by atoms with van der Waals surface area (Å²) in [5.74, 6) is -0.660. The van der Waals surface area contributed by atoms with Crippen LogP contribution in [0.5, 0.6) is 5.75 Å². The average molecular weight is 440 g/mol. The molecular weight excluding hydrogens is 416 g/mol. The molecule has 0 radical (unpaired) electrons. The van der Waals surface area contributed by atoms with E-state index in [1.807, 2.05) is 43.3 Å². The molecule has 0 aliphatic carbocycles. The molecule has 166 valence electrons. The Morgan fingerprint density at radius 3 is 2.61 bits per heavy atom. The second-order valence-electron chi connectivity index (χ2n) is 8.46. The molecular formula is C27H24N2O4. The highest BCUT2D eigenvalue weighted by molar-refractivity contribution is 6.46. The van der Waals surface area contributed by atoms with E-state index in [1.165, 1.54) is 0 Å². The van der Waals surface area contributed by atoms with Crippen LogP contribution in [0.2, 0.25) is 0 Å². The molecule has 0 spiro atoms. The first-order chi connectivity index (χ1) is 16.0. The van der Waals surface area contributed by atoms with Crippen molar-refractivity contribution in [2.24, 2.45) is 0 Å². The van der Waals surface area contributed by atoms with Gasteiger partial charge in [-0.25, -0.2) is 0 Å². The molecule has 0 saturated carbocycles. The quantitative estimate of drug-likeness (QED) is 0.368. The number of aliphatic hydroxyl groups is 1. The van der Waals surface area contributed by atoms with Gasteiger partial charge in [0, 0.05) is 30.9 Å². The second kappa shape index (κ2) is 8.54. The van der Waals surface area contributed by atoms with E-state index in [1.54, 1.807) is 41.6 Å². The Morgan fingerprint density at radius 2 is 1.85 bits per heavy atom. The Hall–Kier alpha value is -3.93. The van der Waals surface area contributed by atoms with Crippen LogP contribution < -0.4 is 4.74 Å². The van der Waals surface area contributed by atoms with Gasteiger partial charge in [-0.1, -0.05) is 30.3 Å². The van der Waals surface area contributed by atoms with Gasteiger partial charge in [-0.3, -0.25) is 14.6 Å². The highest BCUT2D eigenvalue weighted by Gasteiger charge is 2.45. The summed E-state index contributed by atoms with van der Waals surface area (Å²) in [6.07, 6.45) is 4.65. The molecule has 2 aliphatic heterocycles. The smallest absolute Gasteiger partial charge is 0.295 e. The van der Waals surface area contributed by atoms with Gasteiger partial charge in [-0.15, -0.1) is 0 Å². The van der Waals surface area contributed by atoms with E-state index >= 15 is 0 Å². The first-order valence-corrected chi connectivity index (χ1v) is 11.0. The number of hydrogen-bond acceptors (Lipinski definition) is 5. The summed E-state index contributed by atoms with van der Waals surface area (Å²) < 4.78 is 5.75. The van der Waals surface area contributed by atoms with E-state index in [4.69, 9.17) is 4.74 Å². The molecule has 2 aromatic carbocycles. The van der Waals surface area contributed by atoms with Crippen molar-refractivity contribution in [3.05, 3.63) is 101 Å². The summed E-state index contributed by atoms with van der Waals surface area (Å²) in [6.45, 7) is 2.34. The zero-order valence-electron chi connectivity index (χ0n) is 18.3. The molecule has 2 atom stereocenters. The highest BCUT2D eigenvalue weighted by atomic mass is 16.5. The molecule has 5 rings (SSSR count). The largest absolute Gasteiger partial charge is 0.507 e. The van der Waals surface area contributed by atoms with Crippen LogP contribution in [-0.4, -0.2) is 39.3 Å². The van der Waals surface area contributed by atoms with Crippen LogP contribution in [0.1, 0.15) is 35.2 Å². The number of ketones is 1. The maximum absolute atomic E-state index is 13.2. The maximum atomic E-state index is 13.2. The Kier molecular flexibility index (Phi) is 5.42. The van der Waals surface area contributed by atoms with E-state index in [9.17, 15) is 14.7 Å². The van der Waals surface area contributed by atoms with Crippen molar-refractivity contribution < 1.29 is 19.4 Å².